The highest BCUT2D eigenvalue weighted by atomic mass is 32.2. The van der Waals surface area contributed by atoms with Gasteiger partial charge in [0.1, 0.15) is 0 Å². The van der Waals surface area contributed by atoms with Crippen LogP contribution in [0.3, 0.4) is 0 Å². The number of benzene rings is 1. The number of methoxy groups -OCH3 is 1. The molecule has 1 fully saturated rings. The minimum atomic E-state index is -3.84. The van der Waals surface area contributed by atoms with Crippen LogP contribution < -0.4 is 9.46 Å². The van der Waals surface area contributed by atoms with Crippen LogP contribution in [0, 0.1) is 11.7 Å². The molecule has 1 aromatic rings. The summed E-state index contributed by atoms with van der Waals surface area (Å²) < 4.78 is 69.9. The van der Waals surface area contributed by atoms with E-state index in [1.807, 2.05) is 0 Å². The molecule has 10 heteroatoms. The van der Waals surface area contributed by atoms with Crippen LogP contribution in [0.4, 0.5) is 4.39 Å². The van der Waals surface area contributed by atoms with Crippen molar-refractivity contribution >= 4 is 20.0 Å². The molecule has 0 spiro atoms. The second-order valence-corrected chi connectivity index (χ2v) is 9.02. The van der Waals surface area contributed by atoms with E-state index in [1.54, 1.807) is 0 Å². The van der Waals surface area contributed by atoms with Gasteiger partial charge >= 0.3 is 0 Å². The van der Waals surface area contributed by atoms with Gasteiger partial charge in [-0.3, -0.25) is 0 Å². The lowest BCUT2D eigenvalue weighted by Gasteiger charge is -2.17. The monoisotopic (exact) mass is 378 g/mol. The number of nitrogens with one attached hydrogen (secondary N) is 1. The molecule has 24 heavy (non-hydrogen) atoms. The first-order valence-corrected chi connectivity index (χ1v) is 10.1. The number of nitrogens with zero attached hydrogens (tertiary/aromatic N) is 1. The molecule has 0 radical (unpaired) electrons. The van der Waals surface area contributed by atoms with Crippen LogP contribution in [0.2, 0.25) is 0 Å². The first kappa shape index (κ1) is 18.8. The van der Waals surface area contributed by atoms with Gasteiger partial charge in [0.05, 0.1) is 12.0 Å². The molecule has 7 nitrogen and oxygen atoms in total. The SMILES string of the molecule is C=CS(=O)(=O)NC[C@H]1CCN(S(=O)(=O)c2ccc(OC)c(F)c2)C1. The summed E-state index contributed by atoms with van der Waals surface area (Å²) in [7, 11) is -6.09. The summed E-state index contributed by atoms with van der Waals surface area (Å²) >= 11 is 0. The van der Waals surface area contributed by atoms with Crippen molar-refractivity contribution in [3.05, 3.63) is 36.0 Å². The fraction of sp³-hybridized carbons (Fsp3) is 0.429. The average molecular weight is 378 g/mol. The van der Waals surface area contributed by atoms with Crippen LogP contribution in [0.1, 0.15) is 6.42 Å². The van der Waals surface area contributed by atoms with Crippen molar-refractivity contribution in [1.82, 2.24) is 9.03 Å². The van der Waals surface area contributed by atoms with Gasteiger partial charge in [-0.15, -0.1) is 0 Å². The Morgan fingerprint density at radius 3 is 2.71 bits per heavy atom. The molecule has 1 saturated heterocycles. The summed E-state index contributed by atoms with van der Waals surface area (Å²) in [4.78, 5) is -0.159. The van der Waals surface area contributed by atoms with Crippen molar-refractivity contribution in [3.8, 4) is 5.75 Å². The summed E-state index contributed by atoms with van der Waals surface area (Å²) in [5.41, 5.74) is 0. The molecule has 0 aliphatic carbocycles. The van der Waals surface area contributed by atoms with E-state index in [4.69, 9.17) is 4.74 Å². The number of sulfonamides is 2. The van der Waals surface area contributed by atoms with Gasteiger partial charge in [-0.2, -0.15) is 4.31 Å². The lowest BCUT2D eigenvalue weighted by molar-refractivity contribution is 0.385. The molecule has 0 unspecified atom stereocenters. The third-order valence-corrected chi connectivity index (χ3v) is 6.67. The molecular weight excluding hydrogens is 359 g/mol. The molecule has 134 valence electrons. The zero-order valence-corrected chi connectivity index (χ0v) is 14.7. The quantitative estimate of drug-likeness (QED) is 0.761. The predicted octanol–water partition coefficient (Wildman–Crippen LogP) is 0.908. The standard InChI is InChI=1S/C14H19FN2O5S2/c1-3-23(18,19)16-9-11-6-7-17(10-11)24(20,21)12-4-5-14(22-2)13(15)8-12/h3-5,8,11,16H,1,6-7,9-10H2,2H3/t11-/m1/s1. The van der Waals surface area contributed by atoms with E-state index in [9.17, 15) is 21.2 Å². The predicted molar refractivity (Wildman–Crippen MR) is 86.9 cm³/mol. The van der Waals surface area contributed by atoms with E-state index in [-0.39, 0.29) is 36.2 Å². The van der Waals surface area contributed by atoms with Crippen LogP contribution in [-0.4, -0.2) is 47.9 Å². The first-order valence-electron chi connectivity index (χ1n) is 7.15. The largest absolute Gasteiger partial charge is 0.494 e. The molecule has 0 bridgehead atoms. The molecule has 0 aromatic heterocycles. The maximum atomic E-state index is 13.7. The number of hydrogen-bond donors (Lipinski definition) is 1. The van der Waals surface area contributed by atoms with Crippen LogP contribution in [0.15, 0.2) is 35.1 Å². The van der Waals surface area contributed by atoms with Gasteiger partial charge < -0.3 is 4.74 Å². The molecule has 0 saturated carbocycles. The van der Waals surface area contributed by atoms with Crippen molar-refractivity contribution in [2.24, 2.45) is 5.92 Å². The maximum absolute atomic E-state index is 13.7. The van der Waals surface area contributed by atoms with Gasteiger partial charge in [0.15, 0.2) is 11.6 Å². The van der Waals surface area contributed by atoms with Crippen LogP contribution in [0.25, 0.3) is 0 Å². The van der Waals surface area contributed by atoms with E-state index < -0.39 is 25.9 Å². The van der Waals surface area contributed by atoms with Crippen molar-refractivity contribution in [2.45, 2.75) is 11.3 Å². The smallest absolute Gasteiger partial charge is 0.243 e. The topological polar surface area (TPSA) is 92.8 Å². The molecule has 2 rings (SSSR count). The highest BCUT2D eigenvalue weighted by Crippen LogP contribution is 2.27. The normalized spacial score (nSPS) is 19.3. The number of rotatable bonds is 7. The van der Waals surface area contributed by atoms with Gasteiger partial charge in [-0.05, 0) is 30.5 Å². The van der Waals surface area contributed by atoms with Gasteiger partial charge in [0.2, 0.25) is 20.0 Å². The Labute approximate surface area is 141 Å². The van der Waals surface area contributed by atoms with E-state index in [1.165, 1.54) is 23.5 Å². The van der Waals surface area contributed by atoms with Crippen LogP contribution in [0.5, 0.6) is 5.75 Å². The fourth-order valence-corrected chi connectivity index (χ4v) is 4.56. The lowest BCUT2D eigenvalue weighted by atomic mass is 10.1. The highest BCUT2D eigenvalue weighted by Gasteiger charge is 2.33. The third kappa shape index (κ3) is 4.12. The second-order valence-electron chi connectivity index (χ2n) is 5.37. The zero-order valence-electron chi connectivity index (χ0n) is 13.1. The maximum Gasteiger partial charge on any atom is 0.243 e. The number of hydrogen-bond acceptors (Lipinski definition) is 5. The molecule has 1 aromatic carbocycles. The number of halogens is 1. The molecular formula is C14H19FN2O5S2. The Morgan fingerprint density at radius 2 is 2.12 bits per heavy atom. The Balaban J connectivity index is 2.09. The van der Waals surface area contributed by atoms with Gasteiger partial charge in [-0.25, -0.2) is 25.9 Å². The molecule has 1 aliphatic heterocycles. The minimum Gasteiger partial charge on any atom is -0.494 e. The van der Waals surface area contributed by atoms with Gasteiger partial charge in [0.25, 0.3) is 0 Å². The lowest BCUT2D eigenvalue weighted by Crippen LogP contribution is -2.32. The fourth-order valence-electron chi connectivity index (χ4n) is 2.43. The Kier molecular flexibility index (Phi) is 5.63. The Bertz CT molecular complexity index is 824. The summed E-state index contributed by atoms with van der Waals surface area (Å²) in [6.07, 6.45) is 0.511. The molecule has 0 amide bonds. The summed E-state index contributed by atoms with van der Waals surface area (Å²) in [6, 6.07) is 3.46. The van der Waals surface area contributed by atoms with Crippen LogP contribution in [-0.2, 0) is 20.0 Å². The summed E-state index contributed by atoms with van der Waals surface area (Å²) in [5.74, 6) is -0.947. The Morgan fingerprint density at radius 1 is 1.42 bits per heavy atom. The average Bonchev–Trinajstić information content (AvgIpc) is 3.03. The van der Waals surface area contributed by atoms with E-state index >= 15 is 0 Å². The minimum absolute atomic E-state index is 0.0351. The van der Waals surface area contributed by atoms with Gasteiger partial charge in [0, 0.05) is 25.0 Å². The second kappa shape index (κ2) is 7.18. The van der Waals surface area contributed by atoms with E-state index in [0.717, 1.165) is 11.5 Å². The van der Waals surface area contributed by atoms with Crippen molar-refractivity contribution < 1.29 is 26.0 Å². The summed E-state index contributed by atoms with van der Waals surface area (Å²) in [6.45, 7) is 3.72. The van der Waals surface area contributed by atoms with Gasteiger partial charge in [-0.1, -0.05) is 6.58 Å². The number of ether oxygens (including phenoxy) is 1. The summed E-state index contributed by atoms with van der Waals surface area (Å²) in [5, 5.41) is 0.802. The molecule has 1 atom stereocenters. The Hall–Kier alpha value is -1.49. The third-order valence-electron chi connectivity index (χ3n) is 3.80. The van der Waals surface area contributed by atoms with Crippen LogP contribution >= 0.6 is 0 Å². The van der Waals surface area contributed by atoms with E-state index in [0.29, 0.717) is 6.42 Å². The first-order chi connectivity index (χ1) is 11.2. The molecule has 1 aliphatic rings. The van der Waals surface area contributed by atoms with E-state index in [2.05, 4.69) is 11.3 Å². The van der Waals surface area contributed by atoms with Crippen molar-refractivity contribution in [1.29, 1.82) is 0 Å². The van der Waals surface area contributed by atoms with Crippen molar-refractivity contribution in [3.63, 3.8) is 0 Å². The molecule has 1 heterocycles. The van der Waals surface area contributed by atoms with Crippen molar-refractivity contribution in [2.75, 3.05) is 26.7 Å². The zero-order chi connectivity index (χ0) is 18.0. The highest BCUT2D eigenvalue weighted by molar-refractivity contribution is 7.92. The molecule has 1 N–H and O–H groups in total.